The van der Waals surface area contributed by atoms with Crippen LogP contribution in [-0.4, -0.2) is 68.0 Å². The van der Waals surface area contributed by atoms with Gasteiger partial charge in [-0.05, 0) is 39.2 Å². The summed E-state index contributed by atoms with van der Waals surface area (Å²) in [4.78, 5) is 6.68. The van der Waals surface area contributed by atoms with Gasteiger partial charge in [-0.1, -0.05) is 0 Å². The number of rotatable bonds is 5. The Morgan fingerprint density at radius 2 is 2.10 bits per heavy atom. The number of guanidine groups is 1. The van der Waals surface area contributed by atoms with Gasteiger partial charge in [0, 0.05) is 26.2 Å². The van der Waals surface area contributed by atoms with Crippen molar-refractivity contribution < 1.29 is 8.42 Å². The lowest BCUT2D eigenvalue weighted by molar-refractivity contribution is 0.353. The number of nitrogens with one attached hydrogen (secondary N) is 1. The van der Waals surface area contributed by atoms with E-state index >= 15 is 0 Å². The number of halogens is 1. The Balaban J connectivity index is 0.00000400. The number of hydrogen-bond donors (Lipinski definition) is 1. The summed E-state index contributed by atoms with van der Waals surface area (Å²) in [7, 11) is -3.00. The summed E-state index contributed by atoms with van der Waals surface area (Å²) >= 11 is 1.82. The molecule has 8 heteroatoms. The molecule has 1 N–H and O–H groups in total. The van der Waals surface area contributed by atoms with E-state index in [2.05, 4.69) is 21.5 Å². The van der Waals surface area contributed by atoms with Crippen LogP contribution < -0.4 is 5.32 Å². The van der Waals surface area contributed by atoms with Gasteiger partial charge in [0.05, 0.1) is 10.5 Å². The summed E-state index contributed by atoms with van der Waals surface area (Å²) in [6.45, 7) is 8.24. The van der Waals surface area contributed by atoms with Gasteiger partial charge in [0.1, 0.15) is 0 Å². The van der Waals surface area contributed by atoms with Crippen LogP contribution in [0.5, 0.6) is 0 Å². The molecule has 1 aliphatic heterocycles. The zero-order valence-electron chi connectivity index (χ0n) is 13.4. The van der Waals surface area contributed by atoms with E-state index in [1.807, 2.05) is 18.7 Å². The maximum atomic E-state index is 12.0. The smallest absolute Gasteiger partial charge is 0.193 e. The molecule has 0 aromatic carbocycles. The van der Waals surface area contributed by atoms with E-state index in [-0.39, 0.29) is 29.7 Å². The molecule has 0 aliphatic carbocycles. The summed E-state index contributed by atoms with van der Waals surface area (Å²) in [5, 5.41) is 3.27. The summed E-state index contributed by atoms with van der Waals surface area (Å²) in [5.41, 5.74) is 0. The number of sulfone groups is 1. The average molecular weight is 449 g/mol. The molecule has 21 heavy (non-hydrogen) atoms. The topological polar surface area (TPSA) is 61.8 Å². The molecule has 5 nitrogen and oxygen atoms in total. The molecule has 0 atom stereocenters. The first-order valence-electron chi connectivity index (χ1n) is 7.08. The Morgan fingerprint density at radius 3 is 2.62 bits per heavy atom. The maximum Gasteiger partial charge on any atom is 0.193 e. The molecule has 0 bridgehead atoms. The fourth-order valence-electron chi connectivity index (χ4n) is 2.14. The van der Waals surface area contributed by atoms with Crippen LogP contribution >= 0.6 is 35.7 Å². The number of nitrogens with zero attached hydrogens (tertiary/aromatic N) is 2. The second-order valence-corrected chi connectivity index (χ2v) is 9.31. The molecule has 0 spiro atoms. The van der Waals surface area contributed by atoms with E-state index in [0.717, 1.165) is 31.2 Å². The zero-order chi connectivity index (χ0) is 15.2. The van der Waals surface area contributed by atoms with Gasteiger partial charge < -0.3 is 10.2 Å². The summed E-state index contributed by atoms with van der Waals surface area (Å²) in [6, 6.07) is 0. The van der Waals surface area contributed by atoms with E-state index in [9.17, 15) is 8.42 Å². The Hall–Kier alpha value is 0.300. The molecule has 1 aliphatic rings. The van der Waals surface area contributed by atoms with Crippen molar-refractivity contribution in [3.05, 3.63) is 0 Å². The highest BCUT2D eigenvalue weighted by molar-refractivity contribution is 14.0. The molecule has 0 saturated carbocycles. The molecule has 0 amide bonds. The molecular weight excluding hydrogens is 421 g/mol. The van der Waals surface area contributed by atoms with E-state index in [1.54, 1.807) is 13.8 Å². The minimum absolute atomic E-state index is 0. The molecule has 0 unspecified atom stereocenters. The quantitative estimate of drug-likeness (QED) is 0.300. The fraction of sp³-hybridized carbons (Fsp3) is 0.923. The Bertz CT molecular complexity index is 439. The van der Waals surface area contributed by atoms with Crippen LogP contribution in [0.25, 0.3) is 0 Å². The lowest BCUT2D eigenvalue weighted by Gasteiger charge is -2.39. The fourth-order valence-corrected chi connectivity index (χ4v) is 3.93. The number of thioether (sulfide) groups is 1. The molecule has 1 fully saturated rings. The van der Waals surface area contributed by atoms with Gasteiger partial charge in [0.15, 0.2) is 15.8 Å². The molecule has 0 aromatic heterocycles. The monoisotopic (exact) mass is 449 g/mol. The summed E-state index contributed by atoms with van der Waals surface area (Å²) in [5.74, 6) is 2.15. The Labute approximate surface area is 150 Å². The van der Waals surface area contributed by atoms with Crippen LogP contribution in [0.4, 0.5) is 0 Å². The average Bonchev–Trinajstić information content (AvgIpc) is 2.37. The van der Waals surface area contributed by atoms with Gasteiger partial charge in [0.25, 0.3) is 0 Å². The first-order chi connectivity index (χ1) is 9.34. The molecule has 1 heterocycles. The highest BCUT2D eigenvalue weighted by Gasteiger charge is 2.40. The third-order valence-corrected chi connectivity index (χ3v) is 6.68. The van der Waals surface area contributed by atoms with Crippen molar-refractivity contribution in [2.75, 3.05) is 43.9 Å². The molecule has 1 saturated heterocycles. The van der Waals surface area contributed by atoms with Gasteiger partial charge in [-0.2, -0.15) is 11.8 Å². The van der Waals surface area contributed by atoms with Crippen molar-refractivity contribution in [3.8, 4) is 0 Å². The predicted octanol–water partition coefficient (Wildman–Crippen LogP) is 1.83. The predicted molar refractivity (Wildman–Crippen MR) is 104 cm³/mol. The first-order valence-corrected chi connectivity index (χ1v) is 10.1. The first kappa shape index (κ1) is 21.3. The SMILES string of the molecule is CCNC(=NCCCSC)N1CCS(=O)(=O)C(C)(C)C1.I. The molecule has 0 aromatic rings. The van der Waals surface area contributed by atoms with Crippen molar-refractivity contribution in [3.63, 3.8) is 0 Å². The van der Waals surface area contributed by atoms with Crippen molar-refractivity contribution >= 4 is 51.5 Å². The van der Waals surface area contributed by atoms with Crippen LogP contribution in [0.1, 0.15) is 27.2 Å². The van der Waals surface area contributed by atoms with E-state index < -0.39 is 14.6 Å². The van der Waals surface area contributed by atoms with E-state index in [4.69, 9.17) is 0 Å². The minimum atomic E-state index is -3.00. The zero-order valence-corrected chi connectivity index (χ0v) is 17.3. The molecular formula is C13H28IN3O2S2. The van der Waals surface area contributed by atoms with Gasteiger partial charge in [-0.3, -0.25) is 4.99 Å². The van der Waals surface area contributed by atoms with Crippen molar-refractivity contribution in [1.29, 1.82) is 0 Å². The normalized spacial score (nSPS) is 20.8. The summed E-state index contributed by atoms with van der Waals surface area (Å²) in [6.07, 6.45) is 3.14. The molecule has 1 rings (SSSR count). The third-order valence-electron chi connectivity index (χ3n) is 3.45. The van der Waals surface area contributed by atoms with Gasteiger partial charge in [-0.25, -0.2) is 8.42 Å². The van der Waals surface area contributed by atoms with E-state index in [0.29, 0.717) is 13.1 Å². The van der Waals surface area contributed by atoms with Gasteiger partial charge in [0.2, 0.25) is 0 Å². The van der Waals surface area contributed by atoms with Crippen LogP contribution in [0.3, 0.4) is 0 Å². The minimum Gasteiger partial charge on any atom is -0.357 e. The van der Waals surface area contributed by atoms with Crippen LogP contribution in [0, 0.1) is 0 Å². The summed E-state index contributed by atoms with van der Waals surface area (Å²) < 4.78 is 23.4. The van der Waals surface area contributed by atoms with E-state index in [1.165, 1.54) is 0 Å². The molecule has 0 radical (unpaired) electrons. The lowest BCUT2D eigenvalue weighted by atomic mass is 10.2. The van der Waals surface area contributed by atoms with Crippen LogP contribution in [0.15, 0.2) is 4.99 Å². The highest BCUT2D eigenvalue weighted by Crippen LogP contribution is 2.23. The van der Waals surface area contributed by atoms with Crippen molar-refractivity contribution in [2.45, 2.75) is 31.9 Å². The third kappa shape index (κ3) is 6.13. The standard InChI is InChI=1S/C13H27N3O2S2.HI/c1-5-14-12(15-7-6-9-19-4)16-8-10-20(17,18)13(2,3)11-16;/h5-11H2,1-4H3,(H,14,15);1H. The second-order valence-electron chi connectivity index (χ2n) is 5.58. The van der Waals surface area contributed by atoms with Crippen molar-refractivity contribution in [1.82, 2.24) is 10.2 Å². The van der Waals surface area contributed by atoms with Gasteiger partial charge in [-0.15, -0.1) is 24.0 Å². The van der Waals surface area contributed by atoms with Crippen molar-refractivity contribution in [2.24, 2.45) is 4.99 Å². The van der Waals surface area contributed by atoms with Gasteiger partial charge >= 0.3 is 0 Å². The largest absolute Gasteiger partial charge is 0.357 e. The molecule has 126 valence electrons. The highest BCUT2D eigenvalue weighted by atomic mass is 127. The van der Waals surface area contributed by atoms with Crippen LogP contribution in [-0.2, 0) is 9.84 Å². The second kappa shape index (κ2) is 9.44. The maximum absolute atomic E-state index is 12.0. The Morgan fingerprint density at radius 1 is 1.43 bits per heavy atom. The number of aliphatic imine (C=N–C) groups is 1. The number of hydrogen-bond acceptors (Lipinski definition) is 4. The van der Waals surface area contributed by atoms with Crippen LogP contribution in [0.2, 0.25) is 0 Å². The lowest BCUT2D eigenvalue weighted by Crippen LogP contribution is -2.57. The Kier molecular flexibility index (Phi) is 9.58.